The topological polar surface area (TPSA) is 98.1 Å². The smallest absolute Gasteiger partial charge is 0.257 e. The van der Waals surface area contributed by atoms with E-state index in [1.807, 2.05) is 57.6 Å². The van der Waals surface area contributed by atoms with Gasteiger partial charge in [-0.05, 0) is 49.7 Å². The van der Waals surface area contributed by atoms with Crippen molar-refractivity contribution in [1.82, 2.24) is 25.0 Å². The van der Waals surface area contributed by atoms with Gasteiger partial charge in [0.15, 0.2) is 5.82 Å². The van der Waals surface area contributed by atoms with Crippen molar-refractivity contribution in [3.05, 3.63) is 60.6 Å². The van der Waals surface area contributed by atoms with Gasteiger partial charge in [-0.3, -0.25) is 9.48 Å². The fourth-order valence-electron chi connectivity index (χ4n) is 4.14. The number of aryl methyl sites for hydroxylation is 1. The van der Waals surface area contributed by atoms with Crippen LogP contribution in [0.4, 0.5) is 11.6 Å². The van der Waals surface area contributed by atoms with Gasteiger partial charge in [0.1, 0.15) is 5.82 Å². The number of benzene rings is 1. The molecule has 3 aromatic heterocycles. The Labute approximate surface area is 191 Å². The number of rotatable bonds is 4. The highest BCUT2D eigenvalue weighted by molar-refractivity contribution is 6.04. The molecule has 1 N–H and O–H groups in total. The third-order valence-electron chi connectivity index (χ3n) is 5.62. The SMILES string of the molecule is C[C@@H]1CN(c2cc(C(=O)Nc3cc4cc(-c5cnn(C)c5)ccc4nn3)ccn2)C[C@H](C)O1. The Bertz CT molecular complexity index is 1310. The number of fused-ring (bicyclic) bond motifs is 1. The number of morpholine rings is 1. The first kappa shape index (κ1) is 21.0. The van der Waals surface area contributed by atoms with Gasteiger partial charge in [0, 0.05) is 49.0 Å². The number of hydrogen-bond donors (Lipinski definition) is 1. The fourth-order valence-corrected chi connectivity index (χ4v) is 4.14. The summed E-state index contributed by atoms with van der Waals surface area (Å²) in [7, 11) is 1.88. The number of anilines is 2. The van der Waals surface area contributed by atoms with Crippen LogP contribution in [0.3, 0.4) is 0 Å². The lowest BCUT2D eigenvalue weighted by Crippen LogP contribution is -2.45. The summed E-state index contributed by atoms with van der Waals surface area (Å²) in [5.41, 5.74) is 3.30. The van der Waals surface area contributed by atoms with Gasteiger partial charge >= 0.3 is 0 Å². The molecule has 1 fully saturated rings. The predicted octanol–water partition coefficient (Wildman–Crippen LogP) is 3.29. The summed E-state index contributed by atoms with van der Waals surface area (Å²) in [5, 5.41) is 16.4. The maximum Gasteiger partial charge on any atom is 0.257 e. The van der Waals surface area contributed by atoms with Crippen molar-refractivity contribution in [2.45, 2.75) is 26.1 Å². The summed E-state index contributed by atoms with van der Waals surface area (Å²) in [4.78, 5) is 19.5. The first-order valence-electron chi connectivity index (χ1n) is 10.9. The van der Waals surface area contributed by atoms with Gasteiger partial charge in [0.2, 0.25) is 0 Å². The third kappa shape index (κ3) is 4.54. The molecule has 4 aromatic rings. The molecule has 4 heterocycles. The minimum atomic E-state index is -0.259. The zero-order chi connectivity index (χ0) is 22.9. The maximum atomic E-state index is 12.9. The van der Waals surface area contributed by atoms with Gasteiger partial charge in [-0.25, -0.2) is 4.98 Å². The van der Waals surface area contributed by atoms with E-state index >= 15 is 0 Å². The number of amides is 1. The number of ether oxygens (including phenoxy) is 1. The average Bonchev–Trinajstić information content (AvgIpc) is 3.24. The molecule has 0 saturated carbocycles. The molecule has 0 spiro atoms. The highest BCUT2D eigenvalue weighted by Crippen LogP contribution is 2.24. The number of nitrogens with one attached hydrogen (secondary N) is 1. The van der Waals surface area contributed by atoms with Crippen LogP contribution < -0.4 is 10.2 Å². The van der Waals surface area contributed by atoms with E-state index in [1.165, 1.54) is 0 Å². The number of carbonyl (C=O) groups excluding carboxylic acids is 1. The molecule has 33 heavy (non-hydrogen) atoms. The lowest BCUT2D eigenvalue weighted by molar-refractivity contribution is -0.00545. The van der Waals surface area contributed by atoms with Crippen molar-refractivity contribution >= 4 is 28.4 Å². The van der Waals surface area contributed by atoms with E-state index in [0.717, 1.165) is 40.9 Å². The van der Waals surface area contributed by atoms with Gasteiger partial charge in [-0.15, -0.1) is 10.2 Å². The first-order chi connectivity index (χ1) is 15.9. The number of hydrogen-bond acceptors (Lipinski definition) is 7. The lowest BCUT2D eigenvalue weighted by atomic mass is 10.1. The Hall–Kier alpha value is -3.85. The van der Waals surface area contributed by atoms with E-state index in [1.54, 1.807) is 23.0 Å². The van der Waals surface area contributed by atoms with Crippen LogP contribution in [-0.4, -0.2) is 56.2 Å². The molecule has 0 unspecified atom stereocenters. The molecular formula is C24H25N7O2. The molecule has 1 saturated heterocycles. The summed E-state index contributed by atoms with van der Waals surface area (Å²) < 4.78 is 7.56. The molecule has 0 aliphatic carbocycles. The number of aromatic nitrogens is 5. The Morgan fingerprint density at radius 3 is 2.64 bits per heavy atom. The van der Waals surface area contributed by atoms with E-state index in [0.29, 0.717) is 11.4 Å². The lowest BCUT2D eigenvalue weighted by Gasteiger charge is -2.36. The van der Waals surface area contributed by atoms with Crippen LogP contribution in [0.1, 0.15) is 24.2 Å². The Balaban J connectivity index is 1.36. The van der Waals surface area contributed by atoms with Crippen LogP contribution >= 0.6 is 0 Å². The van der Waals surface area contributed by atoms with Crippen LogP contribution in [0.15, 0.2) is 55.0 Å². The van der Waals surface area contributed by atoms with Crippen LogP contribution in [-0.2, 0) is 11.8 Å². The molecular weight excluding hydrogens is 418 g/mol. The highest BCUT2D eigenvalue weighted by atomic mass is 16.5. The van der Waals surface area contributed by atoms with Crippen molar-refractivity contribution < 1.29 is 9.53 Å². The molecule has 168 valence electrons. The fraction of sp³-hybridized carbons (Fsp3) is 0.292. The summed E-state index contributed by atoms with van der Waals surface area (Å²) in [5.74, 6) is 0.892. The predicted molar refractivity (Wildman–Crippen MR) is 126 cm³/mol. The van der Waals surface area contributed by atoms with Gasteiger partial charge < -0.3 is 15.0 Å². The number of nitrogens with zero attached hydrogens (tertiary/aromatic N) is 6. The van der Waals surface area contributed by atoms with Crippen LogP contribution in [0.25, 0.3) is 22.0 Å². The van der Waals surface area contributed by atoms with Gasteiger partial charge in [0.05, 0.1) is 23.9 Å². The van der Waals surface area contributed by atoms with Gasteiger partial charge in [0.25, 0.3) is 5.91 Å². The Morgan fingerprint density at radius 1 is 1.06 bits per heavy atom. The average molecular weight is 444 g/mol. The van der Waals surface area contributed by atoms with E-state index in [4.69, 9.17) is 4.74 Å². The molecule has 0 radical (unpaired) electrons. The molecule has 9 heteroatoms. The molecule has 1 aliphatic heterocycles. The van der Waals surface area contributed by atoms with Crippen LogP contribution in [0.2, 0.25) is 0 Å². The molecule has 1 aromatic carbocycles. The van der Waals surface area contributed by atoms with E-state index < -0.39 is 0 Å². The van der Waals surface area contributed by atoms with Crippen molar-refractivity contribution in [3.63, 3.8) is 0 Å². The van der Waals surface area contributed by atoms with Crippen LogP contribution in [0.5, 0.6) is 0 Å². The van der Waals surface area contributed by atoms with E-state index in [9.17, 15) is 4.79 Å². The van der Waals surface area contributed by atoms with Crippen molar-refractivity contribution in [3.8, 4) is 11.1 Å². The summed E-state index contributed by atoms with van der Waals surface area (Å²) >= 11 is 0. The largest absolute Gasteiger partial charge is 0.372 e. The zero-order valence-electron chi connectivity index (χ0n) is 18.8. The third-order valence-corrected chi connectivity index (χ3v) is 5.62. The molecule has 2 atom stereocenters. The van der Waals surface area contributed by atoms with E-state index in [-0.39, 0.29) is 18.1 Å². The Kier molecular flexibility index (Phi) is 5.47. The second kappa shape index (κ2) is 8.59. The van der Waals surface area contributed by atoms with E-state index in [2.05, 4.69) is 30.5 Å². The zero-order valence-corrected chi connectivity index (χ0v) is 18.8. The first-order valence-corrected chi connectivity index (χ1v) is 10.9. The monoisotopic (exact) mass is 443 g/mol. The minimum Gasteiger partial charge on any atom is -0.372 e. The summed E-state index contributed by atoms with van der Waals surface area (Å²) in [6.07, 6.45) is 5.64. The van der Waals surface area contributed by atoms with Crippen molar-refractivity contribution in [1.29, 1.82) is 0 Å². The van der Waals surface area contributed by atoms with Crippen molar-refractivity contribution in [2.75, 3.05) is 23.3 Å². The normalized spacial score (nSPS) is 18.5. The summed E-state index contributed by atoms with van der Waals surface area (Å²) in [6, 6.07) is 11.2. The standard InChI is InChI=1S/C24H25N7O2/c1-15-12-31(13-16(2)33-15)23-10-18(6-7-25-23)24(32)27-22-9-19-8-17(4-5-21(19)28-29-22)20-11-26-30(3)14-20/h4-11,14-16H,12-13H2,1-3H3,(H,27,29,32)/t15-,16+. The van der Waals surface area contributed by atoms with Crippen molar-refractivity contribution in [2.24, 2.45) is 7.05 Å². The highest BCUT2D eigenvalue weighted by Gasteiger charge is 2.23. The second-order valence-electron chi connectivity index (χ2n) is 8.42. The minimum absolute atomic E-state index is 0.109. The molecule has 9 nitrogen and oxygen atoms in total. The Morgan fingerprint density at radius 2 is 1.88 bits per heavy atom. The quantitative estimate of drug-likeness (QED) is 0.517. The second-order valence-corrected chi connectivity index (χ2v) is 8.42. The maximum absolute atomic E-state index is 12.9. The molecule has 1 aliphatic rings. The van der Waals surface area contributed by atoms with Gasteiger partial charge in [-0.2, -0.15) is 5.10 Å². The molecule has 1 amide bonds. The molecule has 0 bridgehead atoms. The molecule has 5 rings (SSSR count). The number of pyridine rings is 1. The van der Waals surface area contributed by atoms with Crippen LogP contribution in [0, 0.1) is 0 Å². The van der Waals surface area contributed by atoms with Gasteiger partial charge in [-0.1, -0.05) is 6.07 Å². The number of carbonyl (C=O) groups is 1. The summed E-state index contributed by atoms with van der Waals surface area (Å²) in [6.45, 7) is 5.55.